The zero-order valence-electron chi connectivity index (χ0n) is 10.8. The van der Waals surface area contributed by atoms with Crippen LogP contribution in [0.15, 0.2) is 35.7 Å². The number of thioether (sulfide) groups is 1. The van der Waals surface area contributed by atoms with Gasteiger partial charge in [0.2, 0.25) is 0 Å². The minimum atomic E-state index is -0.0777. The van der Waals surface area contributed by atoms with Crippen molar-refractivity contribution in [3.63, 3.8) is 0 Å². The van der Waals surface area contributed by atoms with Gasteiger partial charge in [0, 0.05) is 21.9 Å². The molecule has 2 rings (SSSR count). The number of aliphatic hydroxyl groups excluding tert-OH is 1. The van der Waals surface area contributed by atoms with E-state index in [2.05, 4.69) is 48.4 Å². The predicted octanol–water partition coefficient (Wildman–Crippen LogP) is 3.83. The average molecular weight is 288 g/mol. The second-order valence-corrected chi connectivity index (χ2v) is 6.19. The van der Waals surface area contributed by atoms with Crippen LogP contribution in [-0.2, 0) is 11.5 Å². The lowest BCUT2D eigenvalue weighted by Crippen LogP contribution is -1.85. The Labute approximate surface area is 122 Å². The summed E-state index contributed by atoms with van der Waals surface area (Å²) in [5.74, 6) is 7.70. The van der Waals surface area contributed by atoms with Crippen LogP contribution in [0.4, 0.5) is 0 Å². The van der Waals surface area contributed by atoms with E-state index in [1.807, 2.05) is 17.8 Å². The van der Waals surface area contributed by atoms with Crippen molar-refractivity contribution in [1.82, 2.24) is 0 Å². The molecule has 0 bridgehead atoms. The summed E-state index contributed by atoms with van der Waals surface area (Å²) in [7, 11) is 0. The molecule has 0 saturated carbocycles. The van der Waals surface area contributed by atoms with Crippen molar-refractivity contribution in [3.05, 3.63) is 57.3 Å². The molecule has 0 radical (unpaired) electrons. The van der Waals surface area contributed by atoms with E-state index in [9.17, 15) is 0 Å². The third-order valence-electron chi connectivity index (χ3n) is 2.63. The number of aryl methyl sites for hydroxylation is 1. The number of hydrogen-bond donors (Lipinski definition) is 1. The lowest BCUT2D eigenvalue weighted by molar-refractivity contribution is 0.350. The maximum absolute atomic E-state index is 8.73. The van der Waals surface area contributed by atoms with Gasteiger partial charge in [-0.1, -0.05) is 41.7 Å². The molecule has 3 heteroatoms. The van der Waals surface area contributed by atoms with Crippen molar-refractivity contribution in [1.29, 1.82) is 0 Å². The molecule has 1 heterocycles. The molecule has 0 amide bonds. The third-order valence-corrected chi connectivity index (χ3v) is 4.77. The highest BCUT2D eigenvalue weighted by Crippen LogP contribution is 2.24. The molecule has 1 aromatic carbocycles. The summed E-state index contributed by atoms with van der Waals surface area (Å²) in [6.07, 6.45) is 0. The summed E-state index contributed by atoms with van der Waals surface area (Å²) in [6, 6.07) is 10.6. The Morgan fingerprint density at radius 3 is 2.95 bits per heavy atom. The highest BCUT2D eigenvalue weighted by Gasteiger charge is 2.02. The Balaban J connectivity index is 1.91. The highest BCUT2D eigenvalue weighted by molar-refractivity contribution is 7.97. The fraction of sp³-hybridized carbons (Fsp3) is 0.250. The molecule has 19 heavy (non-hydrogen) atoms. The standard InChI is InChI=1S/C16H16OS2/c1-13-4-2-5-14(10-13)11-18-12-16-15(6-3-8-17)7-9-19-16/h2,4-5,7,9-10,17H,8,11-12H2,1H3. The first-order valence-electron chi connectivity index (χ1n) is 6.09. The molecule has 1 nitrogen and oxygen atoms in total. The largest absolute Gasteiger partial charge is 0.384 e. The second-order valence-electron chi connectivity index (χ2n) is 4.20. The van der Waals surface area contributed by atoms with Gasteiger partial charge in [0.05, 0.1) is 0 Å². The van der Waals surface area contributed by atoms with Crippen molar-refractivity contribution in [3.8, 4) is 11.8 Å². The highest BCUT2D eigenvalue weighted by atomic mass is 32.2. The van der Waals surface area contributed by atoms with Gasteiger partial charge in [-0.3, -0.25) is 0 Å². The lowest BCUT2D eigenvalue weighted by Gasteiger charge is -2.02. The smallest absolute Gasteiger partial charge is 0.104 e. The number of benzene rings is 1. The first-order valence-corrected chi connectivity index (χ1v) is 8.12. The van der Waals surface area contributed by atoms with Crippen molar-refractivity contribution in [2.45, 2.75) is 18.4 Å². The first-order chi connectivity index (χ1) is 9.29. The van der Waals surface area contributed by atoms with Crippen LogP contribution in [0.1, 0.15) is 21.6 Å². The van der Waals surface area contributed by atoms with E-state index in [-0.39, 0.29) is 6.61 Å². The Kier molecular flexibility index (Phi) is 5.53. The van der Waals surface area contributed by atoms with Gasteiger partial charge in [0.25, 0.3) is 0 Å². The van der Waals surface area contributed by atoms with E-state index in [4.69, 9.17) is 5.11 Å². The predicted molar refractivity (Wildman–Crippen MR) is 84.5 cm³/mol. The molecule has 1 aromatic heterocycles. The van der Waals surface area contributed by atoms with Crippen molar-refractivity contribution >= 4 is 23.1 Å². The van der Waals surface area contributed by atoms with Gasteiger partial charge in [0.15, 0.2) is 0 Å². The minimum absolute atomic E-state index is 0.0777. The average Bonchev–Trinajstić information content (AvgIpc) is 2.84. The Morgan fingerprint density at radius 1 is 1.26 bits per heavy atom. The molecule has 0 aliphatic carbocycles. The van der Waals surface area contributed by atoms with Gasteiger partial charge in [-0.25, -0.2) is 0 Å². The van der Waals surface area contributed by atoms with Crippen molar-refractivity contribution < 1.29 is 5.11 Å². The zero-order valence-corrected chi connectivity index (χ0v) is 12.5. The molecule has 98 valence electrons. The molecule has 0 aliphatic heterocycles. The van der Waals surface area contributed by atoms with E-state index in [1.165, 1.54) is 16.0 Å². The van der Waals surface area contributed by atoms with Crippen LogP contribution in [0.3, 0.4) is 0 Å². The van der Waals surface area contributed by atoms with Crippen molar-refractivity contribution in [2.75, 3.05) is 6.61 Å². The van der Waals surface area contributed by atoms with Gasteiger partial charge in [-0.2, -0.15) is 11.8 Å². The van der Waals surface area contributed by atoms with Crippen LogP contribution in [0.25, 0.3) is 0 Å². The summed E-state index contributed by atoms with van der Waals surface area (Å²) >= 11 is 3.63. The van der Waals surface area contributed by atoms with Gasteiger partial charge < -0.3 is 5.11 Å². The lowest BCUT2D eigenvalue weighted by atomic mass is 10.2. The van der Waals surface area contributed by atoms with E-state index in [0.29, 0.717) is 0 Å². The zero-order chi connectivity index (χ0) is 13.5. The van der Waals surface area contributed by atoms with Crippen LogP contribution < -0.4 is 0 Å². The summed E-state index contributed by atoms with van der Waals surface area (Å²) in [6.45, 7) is 2.04. The summed E-state index contributed by atoms with van der Waals surface area (Å²) in [5, 5.41) is 10.8. The van der Waals surface area contributed by atoms with Crippen LogP contribution in [0.2, 0.25) is 0 Å². The monoisotopic (exact) mass is 288 g/mol. The van der Waals surface area contributed by atoms with E-state index < -0.39 is 0 Å². The van der Waals surface area contributed by atoms with Crippen LogP contribution >= 0.6 is 23.1 Å². The normalized spacial score (nSPS) is 10.0. The molecule has 0 saturated heterocycles. The third kappa shape index (κ3) is 4.43. The SMILES string of the molecule is Cc1cccc(CSCc2sccc2C#CCO)c1. The number of rotatable bonds is 4. The maximum atomic E-state index is 8.73. The molecular weight excluding hydrogens is 272 g/mol. The summed E-state index contributed by atoms with van der Waals surface area (Å²) in [5.41, 5.74) is 3.73. The molecule has 0 spiro atoms. The Morgan fingerprint density at radius 2 is 2.16 bits per heavy atom. The number of aliphatic hydroxyl groups is 1. The fourth-order valence-corrected chi connectivity index (χ4v) is 3.76. The van der Waals surface area contributed by atoms with E-state index in [1.54, 1.807) is 11.3 Å². The summed E-state index contributed by atoms with van der Waals surface area (Å²) in [4.78, 5) is 1.29. The Hall–Kier alpha value is -1.21. The van der Waals surface area contributed by atoms with Gasteiger partial charge in [0.1, 0.15) is 6.61 Å². The minimum Gasteiger partial charge on any atom is -0.384 e. The van der Waals surface area contributed by atoms with Gasteiger partial charge in [-0.05, 0) is 23.9 Å². The number of thiophene rings is 1. The van der Waals surface area contributed by atoms with Crippen LogP contribution in [-0.4, -0.2) is 11.7 Å². The van der Waals surface area contributed by atoms with Gasteiger partial charge in [-0.15, -0.1) is 11.3 Å². The van der Waals surface area contributed by atoms with Crippen LogP contribution in [0.5, 0.6) is 0 Å². The first kappa shape index (κ1) is 14.2. The molecule has 0 atom stereocenters. The maximum Gasteiger partial charge on any atom is 0.104 e. The topological polar surface area (TPSA) is 20.2 Å². The second kappa shape index (κ2) is 7.40. The molecule has 0 aliphatic rings. The number of hydrogen-bond acceptors (Lipinski definition) is 3. The molecule has 0 fully saturated rings. The summed E-state index contributed by atoms with van der Waals surface area (Å²) < 4.78 is 0. The fourth-order valence-electron chi connectivity index (χ4n) is 1.76. The van der Waals surface area contributed by atoms with E-state index in [0.717, 1.165) is 17.1 Å². The molecular formula is C16H16OS2. The molecule has 2 aromatic rings. The molecule has 1 N–H and O–H groups in total. The quantitative estimate of drug-likeness (QED) is 0.863. The van der Waals surface area contributed by atoms with Gasteiger partial charge >= 0.3 is 0 Å². The van der Waals surface area contributed by atoms with Crippen LogP contribution in [0, 0.1) is 18.8 Å². The molecule has 0 unspecified atom stereocenters. The van der Waals surface area contributed by atoms with Crippen molar-refractivity contribution in [2.24, 2.45) is 0 Å². The Bertz CT molecular complexity index is 590. The van der Waals surface area contributed by atoms with E-state index >= 15 is 0 Å².